The molecule has 1 rings (SSSR count). The molecule has 102 valence electrons. The van der Waals surface area contributed by atoms with E-state index in [4.69, 9.17) is 16.3 Å². The third-order valence-corrected chi connectivity index (χ3v) is 2.82. The molecule has 3 nitrogen and oxygen atoms in total. The van der Waals surface area contributed by atoms with Crippen LogP contribution < -0.4 is 0 Å². The van der Waals surface area contributed by atoms with Crippen LogP contribution in [-0.2, 0) is 14.3 Å². The van der Waals surface area contributed by atoms with Gasteiger partial charge in [0.1, 0.15) is 5.57 Å². The lowest BCUT2D eigenvalue weighted by atomic mass is 10.0. The van der Waals surface area contributed by atoms with Crippen LogP contribution in [0.4, 0.5) is 0 Å². The van der Waals surface area contributed by atoms with Gasteiger partial charge in [-0.1, -0.05) is 36.7 Å². The molecule has 0 radical (unpaired) electrons. The van der Waals surface area contributed by atoms with E-state index in [-0.39, 0.29) is 18.0 Å². The van der Waals surface area contributed by atoms with Gasteiger partial charge in [-0.05, 0) is 31.1 Å². The zero-order valence-electron chi connectivity index (χ0n) is 11.1. The maximum Gasteiger partial charge on any atom is 0.341 e. The molecule has 0 aromatic heterocycles. The average Bonchev–Trinajstić information content (AvgIpc) is 2.38. The third-order valence-electron chi connectivity index (χ3n) is 2.48. The molecule has 0 N–H and O–H groups in total. The second-order valence-corrected chi connectivity index (χ2v) is 4.38. The fraction of sp³-hybridized carbons (Fsp3) is 0.333. The van der Waals surface area contributed by atoms with Crippen molar-refractivity contribution < 1.29 is 14.3 Å². The maximum absolute atomic E-state index is 12.0. The van der Waals surface area contributed by atoms with Gasteiger partial charge in [0.15, 0.2) is 5.78 Å². The van der Waals surface area contributed by atoms with Crippen molar-refractivity contribution in [2.45, 2.75) is 26.7 Å². The highest BCUT2D eigenvalue weighted by atomic mass is 35.5. The second kappa shape index (κ2) is 7.74. The Morgan fingerprint density at radius 2 is 1.95 bits per heavy atom. The molecule has 0 amide bonds. The Morgan fingerprint density at radius 1 is 1.26 bits per heavy atom. The van der Waals surface area contributed by atoms with Crippen LogP contribution in [0.15, 0.2) is 29.8 Å². The standard InChI is InChI=1S/C15H17ClO3/c1-3-7-14(17)12(15(18)19-4-2)10-11-8-5-6-9-13(11)16/h5-6,8-10H,3-4,7H2,1-2H3. The number of benzene rings is 1. The predicted octanol–water partition coefficient (Wildman–Crippen LogP) is 3.66. The SMILES string of the molecule is CCCC(=O)C(=Cc1ccccc1Cl)C(=O)OCC. The summed E-state index contributed by atoms with van der Waals surface area (Å²) in [6, 6.07) is 7.05. The minimum Gasteiger partial charge on any atom is -0.462 e. The van der Waals surface area contributed by atoms with Crippen molar-refractivity contribution >= 4 is 29.4 Å². The highest BCUT2D eigenvalue weighted by molar-refractivity contribution is 6.32. The first-order chi connectivity index (χ1) is 9.10. The Bertz CT molecular complexity index is 472. The molecule has 0 aliphatic rings. The minimum absolute atomic E-state index is 0.0526. The van der Waals surface area contributed by atoms with E-state index in [1.54, 1.807) is 31.2 Å². The first-order valence-electron chi connectivity index (χ1n) is 6.26. The number of hydrogen-bond donors (Lipinski definition) is 0. The largest absolute Gasteiger partial charge is 0.462 e. The molecule has 0 aliphatic heterocycles. The van der Waals surface area contributed by atoms with E-state index in [1.165, 1.54) is 6.08 Å². The first kappa shape index (κ1) is 15.4. The topological polar surface area (TPSA) is 43.4 Å². The fourth-order valence-electron chi connectivity index (χ4n) is 1.57. The van der Waals surface area contributed by atoms with Gasteiger partial charge in [0, 0.05) is 11.4 Å². The lowest BCUT2D eigenvalue weighted by molar-refractivity contribution is -0.139. The lowest BCUT2D eigenvalue weighted by Crippen LogP contribution is -2.15. The van der Waals surface area contributed by atoms with Gasteiger partial charge < -0.3 is 4.74 Å². The van der Waals surface area contributed by atoms with E-state index in [9.17, 15) is 9.59 Å². The number of ether oxygens (including phenoxy) is 1. The van der Waals surface area contributed by atoms with E-state index in [0.29, 0.717) is 23.4 Å². The first-order valence-corrected chi connectivity index (χ1v) is 6.64. The van der Waals surface area contributed by atoms with Crippen molar-refractivity contribution in [3.8, 4) is 0 Å². The normalized spacial score (nSPS) is 11.2. The second-order valence-electron chi connectivity index (χ2n) is 3.97. The Balaban J connectivity index is 3.12. The van der Waals surface area contributed by atoms with E-state index < -0.39 is 5.97 Å². The molecule has 0 atom stereocenters. The summed E-state index contributed by atoms with van der Waals surface area (Å²) in [5.41, 5.74) is 0.688. The Labute approximate surface area is 118 Å². The van der Waals surface area contributed by atoms with Gasteiger partial charge in [-0.3, -0.25) is 4.79 Å². The summed E-state index contributed by atoms with van der Waals surface area (Å²) in [4.78, 5) is 23.8. The highest BCUT2D eigenvalue weighted by Gasteiger charge is 2.19. The maximum atomic E-state index is 12.0. The van der Waals surface area contributed by atoms with Crippen molar-refractivity contribution in [2.24, 2.45) is 0 Å². The van der Waals surface area contributed by atoms with Crippen LogP contribution in [0, 0.1) is 0 Å². The number of esters is 1. The van der Waals surface area contributed by atoms with E-state index in [1.807, 2.05) is 6.92 Å². The summed E-state index contributed by atoms with van der Waals surface area (Å²) < 4.78 is 4.91. The summed E-state index contributed by atoms with van der Waals surface area (Å²) >= 11 is 6.02. The third kappa shape index (κ3) is 4.52. The zero-order valence-corrected chi connectivity index (χ0v) is 11.9. The molecule has 1 aromatic rings. The average molecular weight is 281 g/mol. The number of halogens is 1. The summed E-state index contributed by atoms with van der Waals surface area (Å²) in [7, 11) is 0. The number of hydrogen-bond acceptors (Lipinski definition) is 3. The predicted molar refractivity (Wildman–Crippen MR) is 76.0 cm³/mol. The molecule has 0 spiro atoms. The van der Waals surface area contributed by atoms with Crippen LogP contribution in [0.5, 0.6) is 0 Å². The Hall–Kier alpha value is -1.61. The molecular formula is C15H17ClO3. The summed E-state index contributed by atoms with van der Waals surface area (Å²) in [6.07, 6.45) is 2.49. The Kier molecular flexibility index (Phi) is 6.30. The molecule has 0 heterocycles. The fourth-order valence-corrected chi connectivity index (χ4v) is 1.76. The summed E-state index contributed by atoms with van der Waals surface area (Å²) in [6.45, 7) is 3.82. The molecule has 4 heteroatoms. The van der Waals surface area contributed by atoms with Crippen molar-refractivity contribution in [1.29, 1.82) is 0 Å². The molecule has 19 heavy (non-hydrogen) atoms. The molecule has 0 unspecified atom stereocenters. The van der Waals surface area contributed by atoms with Crippen LogP contribution in [0.25, 0.3) is 6.08 Å². The van der Waals surface area contributed by atoms with Gasteiger partial charge in [-0.25, -0.2) is 4.79 Å². The van der Waals surface area contributed by atoms with Crippen LogP contribution in [0.1, 0.15) is 32.3 Å². The number of rotatable bonds is 6. The summed E-state index contributed by atoms with van der Waals surface area (Å²) in [5.74, 6) is -0.818. The van der Waals surface area contributed by atoms with E-state index >= 15 is 0 Å². The molecule has 0 bridgehead atoms. The van der Waals surface area contributed by atoms with Gasteiger partial charge in [0.05, 0.1) is 6.61 Å². The van der Waals surface area contributed by atoms with Crippen molar-refractivity contribution in [2.75, 3.05) is 6.61 Å². The van der Waals surface area contributed by atoms with Gasteiger partial charge in [0.2, 0.25) is 0 Å². The molecule has 0 fully saturated rings. The number of carbonyl (C=O) groups is 2. The van der Waals surface area contributed by atoms with Crippen LogP contribution in [-0.4, -0.2) is 18.4 Å². The van der Waals surface area contributed by atoms with E-state index in [2.05, 4.69) is 0 Å². The molecule has 1 aromatic carbocycles. The molecule has 0 saturated heterocycles. The van der Waals surface area contributed by atoms with Gasteiger partial charge >= 0.3 is 5.97 Å². The monoisotopic (exact) mass is 280 g/mol. The van der Waals surface area contributed by atoms with Crippen molar-refractivity contribution in [1.82, 2.24) is 0 Å². The van der Waals surface area contributed by atoms with Gasteiger partial charge in [0.25, 0.3) is 0 Å². The highest BCUT2D eigenvalue weighted by Crippen LogP contribution is 2.19. The minimum atomic E-state index is -0.596. The number of Topliss-reactive ketones (excluding diaryl/α,β-unsaturated/α-hetero) is 1. The smallest absolute Gasteiger partial charge is 0.341 e. The molecular weight excluding hydrogens is 264 g/mol. The van der Waals surface area contributed by atoms with Gasteiger partial charge in [-0.15, -0.1) is 0 Å². The molecule has 0 saturated carbocycles. The van der Waals surface area contributed by atoms with Crippen molar-refractivity contribution in [3.63, 3.8) is 0 Å². The molecule has 0 aliphatic carbocycles. The number of ketones is 1. The van der Waals surface area contributed by atoms with Crippen LogP contribution in [0.3, 0.4) is 0 Å². The van der Waals surface area contributed by atoms with E-state index in [0.717, 1.165) is 0 Å². The van der Waals surface area contributed by atoms with Crippen LogP contribution in [0.2, 0.25) is 5.02 Å². The zero-order chi connectivity index (χ0) is 14.3. The number of carbonyl (C=O) groups excluding carboxylic acids is 2. The quantitative estimate of drug-likeness (QED) is 0.346. The summed E-state index contributed by atoms with van der Waals surface area (Å²) in [5, 5.41) is 0.494. The lowest BCUT2D eigenvalue weighted by Gasteiger charge is -2.06. The van der Waals surface area contributed by atoms with Crippen molar-refractivity contribution in [3.05, 3.63) is 40.4 Å². The van der Waals surface area contributed by atoms with Crippen LogP contribution >= 0.6 is 11.6 Å². The van der Waals surface area contributed by atoms with Gasteiger partial charge in [-0.2, -0.15) is 0 Å². The Morgan fingerprint density at radius 3 is 2.53 bits per heavy atom.